The molecule has 38 heavy (non-hydrogen) atoms. The van der Waals surface area contributed by atoms with Crippen LogP contribution in [0.25, 0.3) is 5.76 Å². The molecule has 0 spiro atoms. The summed E-state index contributed by atoms with van der Waals surface area (Å²) in [7, 11) is 0. The predicted octanol–water partition coefficient (Wildman–Crippen LogP) is 5.76. The Labute approximate surface area is 219 Å². The number of ether oxygens (including phenoxy) is 1. The van der Waals surface area contributed by atoms with E-state index < -0.39 is 29.4 Å². The summed E-state index contributed by atoms with van der Waals surface area (Å²) >= 11 is 0. The van der Waals surface area contributed by atoms with Crippen molar-refractivity contribution >= 4 is 28.8 Å². The van der Waals surface area contributed by atoms with Crippen LogP contribution in [0.1, 0.15) is 43.0 Å². The monoisotopic (exact) mass is 518 g/mol. The third-order valence-electron chi connectivity index (χ3n) is 7.13. The first-order valence-corrected chi connectivity index (χ1v) is 12.7. The lowest BCUT2D eigenvalue weighted by atomic mass is 9.93. The van der Waals surface area contributed by atoms with Gasteiger partial charge in [-0.15, -0.1) is 0 Å². The van der Waals surface area contributed by atoms with E-state index in [-0.39, 0.29) is 17.0 Å². The van der Waals surface area contributed by atoms with E-state index in [2.05, 4.69) is 4.90 Å². The number of aryl methyl sites for hydroxylation is 1. The number of fused-ring (bicyclic) bond motifs is 1. The quantitative estimate of drug-likeness (QED) is 0.255. The molecule has 1 fully saturated rings. The number of halogens is 2. The van der Waals surface area contributed by atoms with Crippen molar-refractivity contribution in [3.8, 4) is 5.75 Å². The van der Waals surface area contributed by atoms with Crippen molar-refractivity contribution in [3.05, 3.63) is 94.6 Å². The number of Topliss-reactive ketones (excluding diaryl/α,β-unsaturated/α-hetero) is 1. The maximum absolute atomic E-state index is 14.9. The van der Waals surface area contributed by atoms with E-state index >= 15 is 0 Å². The van der Waals surface area contributed by atoms with Gasteiger partial charge in [-0.1, -0.05) is 12.1 Å². The van der Waals surface area contributed by atoms with E-state index in [0.29, 0.717) is 23.5 Å². The number of aliphatic hydroxyl groups excluding tert-OH is 1. The summed E-state index contributed by atoms with van der Waals surface area (Å²) in [5.74, 6) is -3.31. The normalized spacial score (nSPS) is 18.3. The Morgan fingerprint density at radius 2 is 1.76 bits per heavy atom. The average Bonchev–Trinajstić information content (AvgIpc) is 3.20. The fourth-order valence-corrected chi connectivity index (χ4v) is 5.19. The summed E-state index contributed by atoms with van der Waals surface area (Å²) in [4.78, 5) is 29.8. The fourth-order valence-electron chi connectivity index (χ4n) is 5.19. The zero-order valence-electron chi connectivity index (χ0n) is 21.2. The highest BCUT2D eigenvalue weighted by atomic mass is 19.1. The van der Waals surface area contributed by atoms with Crippen LogP contribution >= 0.6 is 0 Å². The van der Waals surface area contributed by atoms with Gasteiger partial charge >= 0.3 is 0 Å². The van der Waals surface area contributed by atoms with Crippen molar-refractivity contribution in [2.24, 2.45) is 0 Å². The number of aliphatic hydroxyl groups is 1. The van der Waals surface area contributed by atoms with Crippen LogP contribution in [0.15, 0.2) is 66.2 Å². The zero-order chi connectivity index (χ0) is 27.0. The predicted molar refractivity (Wildman–Crippen MR) is 141 cm³/mol. The Morgan fingerprint density at radius 3 is 2.47 bits per heavy atom. The van der Waals surface area contributed by atoms with Crippen LogP contribution < -0.4 is 14.5 Å². The minimum Gasteiger partial charge on any atom is -0.507 e. The Bertz CT molecular complexity index is 1430. The van der Waals surface area contributed by atoms with Gasteiger partial charge < -0.3 is 14.7 Å². The van der Waals surface area contributed by atoms with Gasteiger partial charge in [-0.25, -0.2) is 8.78 Å². The molecule has 3 aromatic rings. The lowest BCUT2D eigenvalue weighted by molar-refractivity contribution is -0.132. The number of amides is 1. The van der Waals surface area contributed by atoms with Gasteiger partial charge in [0.2, 0.25) is 0 Å². The van der Waals surface area contributed by atoms with E-state index in [1.165, 1.54) is 0 Å². The van der Waals surface area contributed by atoms with Crippen LogP contribution in [0, 0.1) is 11.6 Å². The van der Waals surface area contributed by atoms with Gasteiger partial charge in [-0.3, -0.25) is 14.5 Å². The van der Waals surface area contributed by atoms with Crippen molar-refractivity contribution in [1.82, 2.24) is 0 Å². The summed E-state index contributed by atoms with van der Waals surface area (Å²) in [5.41, 5.74) is 2.07. The second kappa shape index (κ2) is 10.3. The number of benzene rings is 3. The minimum atomic E-state index is -1.16. The first-order chi connectivity index (χ1) is 18.3. The third kappa shape index (κ3) is 4.40. The molecule has 0 saturated carbocycles. The number of ketones is 1. The van der Waals surface area contributed by atoms with Gasteiger partial charge in [0.05, 0.1) is 23.9 Å². The van der Waals surface area contributed by atoms with Crippen molar-refractivity contribution < 1.29 is 28.2 Å². The fraction of sp³-hybridized carbons (Fsp3) is 0.267. The largest absolute Gasteiger partial charge is 0.507 e. The van der Waals surface area contributed by atoms with Gasteiger partial charge in [0, 0.05) is 30.4 Å². The lowest BCUT2D eigenvalue weighted by Gasteiger charge is -2.27. The highest BCUT2D eigenvalue weighted by Crippen LogP contribution is 2.44. The molecule has 1 N–H and O–H groups in total. The highest BCUT2D eigenvalue weighted by molar-refractivity contribution is 6.51. The second-order valence-electron chi connectivity index (χ2n) is 9.30. The molecule has 5 rings (SSSR count). The molecule has 0 bridgehead atoms. The Morgan fingerprint density at radius 1 is 1.03 bits per heavy atom. The van der Waals surface area contributed by atoms with E-state index in [1.807, 2.05) is 26.0 Å². The average molecular weight is 519 g/mol. The van der Waals surface area contributed by atoms with Gasteiger partial charge in [0.15, 0.2) is 0 Å². The van der Waals surface area contributed by atoms with E-state index in [9.17, 15) is 23.5 Å². The Balaban J connectivity index is 1.68. The van der Waals surface area contributed by atoms with E-state index in [4.69, 9.17) is 4.74 Å². The van der Waals surface area contributed by atoms with Gasteiger partial charge in [-0.05, 0) is 80.3 Å². The number of carbonyl (C=O) groups is 2. The summed E-state index contributed by atoms with van der Waals surface area (Å²) in [6, 6.07) is 13.8. The molecular weight excluding hydrogens is 490 g/mol. The second-order valence-corrected chi connectivity index (χ2v) is 9.30. The number of hydrogen-bond donors (Lipinski definition) is 1. The molecule has 6 nitrogen and oxygen atoms in total. The molecule has 8 heteroatoms. The number of nitrogens with zero attached hydrogens (tertiary/aromatic N) is 2. The van der Waals surface area contributed by atoms with E-state index in [1.54, 1.807) is 30.3 Å². The molecule has 0 aromatic heterocycles. The molecule has 1 saturated heterocycles. The molecule has 1 unspecified atom stereocenters. The first-order valence-electron chi connectivity index (χ1n) is 12.7. The maximum Gasteiger partial charge on any atom is 0.300 e. The Hall–Kier alpha value is -4.20. The van der Waals surface area contributed by atoms with Gasteiger partial charge in [-0.2, -0.15) is 0 Å². The first kappa shape index (κ1) is 25.4. The molecule has 1 atom stereocenters. The SMILES string of the molecule is CCN(CC)c1ccc(C2/C(=C(/O)c3ccc4c(c3)CCCO4)C(=O)C(=O)N2c2cc(F)ccc2F)cc1. The van der Waals surface area contributed by atoms with Crippen LogP contribution in [0.3, 0.4) is 0 Å². The molecule has 0 radical (unpaired) electrons. The maximum atomic E-state index is 14.9. The number of carbonyl (C=O) groups excluding carboxylic acids is 2. The molecule has 3 aromatic carbocycles. The summed E-state index contributed by atoms with van der Waals surface area (Å²) in [6.45, 7) is 6.23. The van der Waals surface area contributed by atoms with Gasteiger partial charge in [0.1, 0.15) is 23.1 Å². The molecule has 2 aliphatic heterocycles. The van der Waals surface area contributed by atoms with Crippen LogP contribution in [-0.2, 0) is 16.0 Å². The smallest absolute Gasteiger partial charge is 0.300 e. The van der Waals surface area contributed by atoms with Crippen molar-refractivity contribution in [2.75, 3.05) is 29.5 Å². The van der Waals surface area contributed by atoms with Crippen molar-refractivity contribution in [2.45, 2.75) is 32.7 Å². The molecule has 1 amide bonds. The van der Waals surface area contributed by atoms with Crippen LogP contribution in [0.5, 0.6) is 5.75 Å². The van der Waals surface area contributed by atoms with Crippen molar-refractivity contribution in [1.29, 1.82) is 0 Å². The number of hydrogen-bond acceptors (Lipinski definition) is 5. The van der Waals surface area contributed by atoms with E-state index in [0.717, 1.165) is 60.3 Å². The van der Waals surface area contributed by atoms with Crippen molar-refractivity contribution in [3.63, 3.8) is 0 Å². The molecule has 196 valence electrons. The van der Waals surface area contributed by atoms with Crippen LogP contribution in [0.2, 0.25) is 0 Å². The zero-order valence-corrected chi connectivity index (χ0v) is 21.2. The highest BCUT2D eigenvalue weighted by Gasteiger charge is 2.48. The minimum absolute atomic E-state index is 0.189. The number of anilines is 2. The summed E-state index contributed by atoms with van der Waals surface area (Å²) in [6.07, 6.45) is 1.56. The molecular formula is C30H28F2N2O4. The number of rotatable bonds is 6. The third-order valence-corrected chi connectivity index (χ3v) is 7.13. The van der Waals surface area contributed by atoms with Gasteiger partial charge in [0.25, 0.3) is 11.7 Å². The summed E-state index contributed by atoms with van der Waals surface area (Å²) < 4.78 is 34.8. The summed E-state index contributed by atoms with van der Waals surface area (Å²) in [5, 5.41) is 11.4. The standard InChI is InChI=1S/C30H28F2N2O4/c1-3-33(4-2)22-11-7-18(8-12-22)27-26(28(35)20-9-14-25-19(16-20)6-5-15-38-25)29(36)30(37)34(27)24-17-21(31)10-13-23(24)32/h7-14,16-17,27,35H,3-6,15H2,1-2H3/b28-26-. The molecule has 2 aliphatic rings. The van der Waals surface area contributed by atoms with Crippen LogP contribution in [-0.4, -0.2) is 36.5 Å². The molecule has 0 aliphatic carbocycles. The topological polar surface area (TPSA) is 70.1 Å². The van der Waals surface area contributed by atoms with Crippen LogP contribution in [0.4, 0.5) is 20.2 Å². The Kier molecular flexibility index (Phi) is 6.89. The lowest BCUT2D eigenvalue weighted by Crippen LogP contribution is -2.30. The molecule has 2 heterocycles.